The van der Waals surface area contributed by atoms with Gasteiger partial charge in [-0.05, 0) is 32.0 Å². The van der Waals surface area contributed by atoms with Gasteiger partial charge in [-0.15, -0.1) is 0 Å². The molecular formula is C15H24N2O. The number of rotatable bonds is 4. The van der Waals surface area contributed by atoms with E-state index in [-0.39, 0.29) is 0 Å². The second-order valence-corrected chi connectivity index (χ2v) is 5.03. The number of benzene rings is 1. The Labute approximate surface area is 110 Å². The van der Waals surface area contributed by atoms with Crippen LogP contribution in [0.2, 0.25) is 0 Å². The molecule has 1 aromatic rings. The van der Waals surface area contributed by atoms with E-state index in [1.807, 2.05) is 0 Å². The average molecular weight is 248 g/mol. The van der Waals surface area contributed by atoms with E-state index in [9.17, 15) is 0 Å². The van der Waals surface area contributed by atoms with Crippen LogP contribution in [0, 0.1) is 6.92 Å². The maximum atomic E-state index is 5.52. The van der Waals surface area contributed by atoms with Crippen LogP contribution in [0.1, 0.15) is 25.0 Å². The van der Waals surface area contributed by atoms with Crippen LogP contribution in [-0.4, -0.2) is 32.3 Å². The maximum absolute atomic E-state index is 5.52. The summed E-state index contributed by atoms with van der Waals surface area (Å²) < 4.78 is 5.52. The average Bonchev–Trinajstić information content (AvgIpc) is 2.37. The van der Waals surface area contributed by atoms with E-state index in [1.54, 1.807) is 0 Å². The van der Waals surface area contributed by atoms with Crippen molar-refractivity contribution in [2.24, 2.45) is 0 Å². The minimum absolute atomic E-state index is 0.460. The molecule has 3 nitrogen and oxygen atoms in total. The van der Waals surface area contributed by atoms with E-state index in [0.29, 0.717) is 6.04 Å². The van der Waals surface area contributed by atoms with Gasteiger partial charge in [-0.3, -0.25) is 0 Å². The van der Waals surface area contributed by atoms with Crippen molar-refractivity contribution < 1.29 is 4.74 Å². The number of anilines is 1. The van der Waals surface area contributed by atoms with Crippen molar-refractivity contribution in [1.82, 2.24) is 5.32 Å². The Balaban J connectivity index is 2.24. The molecule has 0 radical (unpaired) electrons. The second kappa shape index (κ2) is 6.21. The number of nitrogens with one attached hydrogen (secondary N) is 1. The Bertz CT molecular complexity index is 392. The van der Waals surface area contributed by atoms with E-state index in [2.05, 4.69) is 49.2 Å². The molecule has 1 heterocycles. The quantitative estimate of drug-likeness (QED) is 0.885. The number of aryl methyl sites for hydroxylation is 1. The molecule has 0 spiro atoms. The number of hydrogen-bond donors (Lipinski definition) is 1. The molecule has 1 unspecified atom stereocenters. The smallest absolute Gasteiger partial charge is 0.0668 e. The molecule has 1 aliphatic rings. The summed E-state index contributed by atoms with van der Waals surface area (Å²) in [6.07, 6.45) is 0. The van der Waals surface area contributed by atoms with Gasteiger partial charge < -0.3 is 15.0 Å². The molecule has 0 saturated carbocycles. The molecule has 0 amide bonds. The van der Waals surface area contributed by atoms with Crippen LogP contribution >= 0.6 is 0 Å². The van der Waals surface area contributed by atoms with Gasteiger partial charge in [0.2, 0.25) is 0 Å². The molecule has 1 fully saturated rings. The summed E-state index contributed by atoms with van der Waals surface area (Å²) in [4.78, 5) is 2.47. The lowest BCUT2D eigenvalue weighted by atomic mass is 10.1. The Morgan fingerprint density at radius 2 is 2.28 bits per heavy atom. The highest BCUT2D eigenvalue weighted by molar-refractivity contribution is 5.56. The summed E-state index contributed by atoms with van der Waals surface area (Å²) in [6, 6.07) is 7.21. The van der Waals surface area contributed by atoms with E-state index < -0.39 is 0 Å². The largest absolute Gasteiger partial charge is 0.377 e. The summed E-state index contributed by atoms with van der Waals surface area (Å²) in [7, 11) is 0. The third kappa shape index (κ3) is 3.03. The molecule has 1 aliphatic heterocycles. The van der Waals surface area contributed by atoms with Crippen LogP contribution in [-0.2, 0) is 11.3 Å². The van der Waals surface area contributed by atoms with Gasteiger partial charge in [-0.2, -0.15) is 0 Å². The third-order valence-electron chi connectivity index (χ3n) is 3.48. The fourth-order valence-corrected chi connectivity index (χ4v) is 2.48. The van der Waals surface area contributed by atoms with Crippen molar-refractivity contribution in [3.8, 4) is 0 Å². The molecule has 1 saturated heterocycles. The van der Waals surface area contributed by atoms with Gasteiger partial charge in [0.1, 0.15) is 0 Å². The van der Waals surface area contributed by atoms with Gasteiger partial charge >= 0.3 is 0 Å². The lowest BCUT2D eigenvalue weighted by molar-refractivity contribution is 0.0988. The van der Waals surface area contributed by atoms with Crippen LogP contribution < -0.4 is 10.2 Å². The van der Waals surface area contributed by atoms with E-state index in [1.165, 1.54) is 16.8 Å². The Morgan fingerprint density at radius 3 is 3.00 bits per heavy atom. The fourth-order valence-electron chi connectivity index (χ4n) is 2.48. The monoisotopic (exact) mass is 248 g/mol. The highest BCUT2D eigenvalue weighted by atomic mass is 16.5. The van der Waals surface area contributed by atoms with Crippen LogP contribution in [0.25, 0.3) is 0 Å². The first kappa shape index (κ1) is 13.4. The lowest BCUT2D eigenvalue weighted by Gasteiger charge is -2.36. The van der Waals surface area contributed by atoms with Crippen molar-refractivity contribution in [2.75, 3.05) is 31.2 Å². The number of morpholine rings is 1. The molecule has 0 aromatic heterocycles. The third-order valence-corrected chi connectivity index (χ3v) is 3.48. The van der Waals surface area contributed by atoms with E-state index in [4.69, 9.17) is 4.74 Å². The molecule has 1 atom stereocenters. The minimum Gasteiger partial charge on any atom is -0.377 e. The summed E-state index contributed by atoms with van der Waals surface area (Å²) in [5, 5.41) is 3.43. The van der Waals surface area contributed by atoms with Crippen LogP contribution in [0.3, 0.4) is 0 Å². The number of hydrogen-bond acceptors (Lipinski definition) is 3. The molecule has 0 aliphatic carbocycles. The molecule has 1 N–H and O–H groups in total. The van der Waals surface area contributed by atoms with Gasteiger partial charge in [-0.25, -0.2) is 0 Å². The van der Waals surface area contributed by atoms with Gasteiger partial charge in [-0.1, -0.05) is 24.6 Å². The molecule has 100 valence electrons. The van der Waals surface area contributed by atoms with Gasteiger partial charge in [0, 0.05) is 24.8 Å². The first-order chi connectivity index (χ1) is 8.72. The Morgan fingerprint density at radius 1 is 1.44 bits per heavy atom. The summed E-state index contributed by atoms with van der Waals surface area (Å²) in [5.41, 5.74) is 4.08. The number of ether oxygens (including phenoxy) is 1. The first-order valence-corrected chi connectivity index (χ1v) is 6.87. The summed E-state index contributed by atoms with van der Waals surface area (Å²) in [6.45, 7) is 11.1. The van der Waals surface area contributed by atoms with E-state index >= 15 is 0 Å². The van der Waals surface area contributed by atoms with Crippen molar-refractivity contribution >= 4 is 5.69 Å². The van der Waals surface area contributed by atoms with Crippen LogP contribution in [0.4, 0.5) is 5.69 Å². The zero-order valence-electron chi connectivity index (χ0n) is 11.7. The highest BCUT2D eigenvalue weighted by Gasteiger charge is 2.21. The molecule has 2 rings (SSSR count). The lowest BCUT2D eigenvalue weighted by Crippen LogP contribution is -2.44. The fraction of sp³-hybridized carbons (Fsp3) is 0.600. The van der Waals surface area contributed by atoms with E-state index in [0.717, 1.165) is 32.8 Å². The predicted octanol–water partition coefficient (Wildman–Crippen LogP) is 2.33. The molecule has 3 heteroatoms. The predicted molar refractivity (Wildman–Crippen MR) is 76.2 cm³/mol. The molecule has 1 aromatic carbocycles. The SMILES string of the molecule is CCNCc1cc(C)ccc1N1CCOCC1C. The maximum Gasteiger partial charge on any atom is 0.0668 e. The normalized spacial score (nSPS) is 20.2. The van der Waals surface area contributed by atoms with Crippen molar-refractivity contribution in [3.05, 3.63) is 29.3 Å². The standard InChI is InChI=1S/C15H24N2O/c1-4-16-10-14-9-12(2)5-6-15(14)17-7-8-18-11-13(17)3/h5-6,9,13,16H,4,7-8,10-11H2,1-3H3. The van der Waals surface area contributed by atoms with Crippen molar-refractivity contribution in [1.29, 1.82) is 0 Å². The Kier molecular flexibility index (Phi) is 4.61. The van der Waals surface area contributed by atoms with Crippen molar-refractivity contribution in [2.45, 2.75) is 33.4 Å². The minimum atomic E-state index is 0.460. The van der Waals surface area contributed by atoms with Gasteiger partial charge in [0.15, 0.2) is 0 Å². The molecular weight excluding hydrogens is 224 g/mol. The first-order valence-electron chi connectivity index (χ1n) is 6.87. The summed E-state index contributed by atoms with van der Waals surface area (Å²) >= 11 is 0. The van der Waals surface area contributed by atoms with Crippen molar-refractivity contribution in [3.63, 3.8) is 0 Å². The number of nitrogens with zero attached hydrogens (tertiary/aromatic N) is 1. The second-order valence-electron chi connectivity index (χ2n) is 5.03. The van der Waals surface area contributed by atoms with Crippen LogP contribution in [0.15, 0.2) is 18.2 Å². The zero-order valence-corrected chi connectivity index (χ0v) is 11.7. The topological polar surface area (TPSA) is 24.5 Å². The Hall–Kier alpha value is -1.06. The van der Waals surface area contributed by atoms with Gasteiger partial charge in [0.25, 0.3) is 0 Å². The highest BCUT2D eigenvalue weighted by Crippen LogP contribution is 2.25. The zero-order chi connectivity index (χ0) is 13.0. The van der Waals surface area contributed by atoms with Gasteiger partial charge in [0.05, 0.1) is 13.2 Å². The summed E-state index contributed by atoms with van der Waals surface area (Å²) in [5.74, 6) is 0. The molecule has 0 bridgehead atoms. The molecule has 18 heavy (non-hydrogen) atoms. The van der Waals surface area contributed by atoms with Crippen LogP contribution in [0.5, 0.6) is 0 Å².